The molecule has 0 aliphatic carbocycles. The minimum absolute atomic E-state index is 0.0319. The minimum atomic E-state index is -4.37. The summed E-state index contributed by atoms with van der Waals surface area (Å²) >= 11 is 0. The summed E-state index contributed by atoms with van der Waals surface area (Å²) < 4.78 is 61.9. The number of aromatic nitrogens is 1. The summed E-state index contributed by atoms with van der Waals surface area (Å²) in [4.78, 5) is 13.2. The molecule has 38 heavy (non-hydrogen) atoms. The SMILES string of the molecule is COc1cccc(Cc2c(O)c(C3=NS(=O)(=O)c4cc(NS(C)(=O)=O)ccc4N3)c(=O)n3ccccc23)c1. The highest BCUT2D eigenvalue weighted by molar-refractivity contribution is 7.92. The summed E-state index contributed by atoms with van der Waals surface area (Å²) in [5, 5.41) is 14.2. The van der Waals surface area contributed by atoms with Gasteiger partial charge in [0.1, 0.15) is 22.0 Å². The Morgan fingerprint density at radius 3 is 2.63 bits per heavy atom. The zero-order chi connectivity index (χ0) is 27.2. The molecule has 1 aliphatic rings. The van der Waals surface area contributed by atoms with Crippen molar-refractivity contribution < 1.29 is 26.7 Å². The van der Waals surface area contributed by atoms with Crippen molar-refractivity contribution in [3.05, 3.63) is 93.9 Å². The normalized spacial score (nSPS) is 14.3. The molecule has 11 nitrogen and oxygen atoms in total. The number of rotatable bonds is 6. The van der Waals surface area contributed by atoms with E-state index in [1.807, 2.05) is 6.07 Å². The van der Waals surface area contributed by atoms with Gasteiger partial charge in [-0.1, -0.05) is 18.2 Å². The predicted molar refractivity (Wildman–Crippen MR) is 143 cm³/mol. The van der Waals surface area contributed by atoms with E-state index >= 15 is 0 Å². The van der Waals surface area contributed by atoms with Crippen molar-refractivity contribution in [2.75, 3.05) is 23.4 Å². The molecule has 2 aromatic carbocycles. The van der Waals surface area contributed by atoms with Gasteiger partial charge in [0.2, 0.25) is 10.0 Å². The molecule has 0 atom stereocenters. The quantitative estimate of drug-likeness (QED) is 0.328. The van der Waals surface area contributed by atoms with Gasteiger partial charge in [-0.25, -0.2) is 8.42 Å². The largest absolute Gasteiger partial charge is 0.507 e. The van der Waals surface area contributed by atoms with E-state index in [9.17, 15) is 26.7 Å². The van der Waals surface area contributed by atoms with Gasteiger partial charge < -0.3 is 15.2 Å². The van der Waals surface area contributed by atoms with Crippen LogP contribution in [0.2, 0.25) is 0 Å². The van der Waals surface area contributed by atoms with Crippen molar-refractivity contribution >= 4 is 42.8 Å². The van der Waals surface area contributed by atoms with Gasteiger partial charge in [0, 0.05) is 23.9 Å². The number of sulfonamides is 2. The second-order valence-corrected chi connectivity index (χ2v) is 11.9. The van der Waals surface area contributed by atoms with Crippen LogP contribution in [0.3, 0.4) is 0 Å². The maximum atomic E-state index is 13.5. The van der Waals surface area contributed by atoms with Gasteiger partial charge in [-0.05, 0) is 48.0 Å². The highest BCUT2D eigenvalue weighted by atomic mass is 32.2. The van der Waals surface area contributed by atoms with Crippen LogP contribution in [-0.2, 0) is 26.5 Å². The number of aromatic hydroxyl groups is 1. The molecule has 0 unspecified atom stereocenters. The Morgan fingerprint density at radius 1 is 1.11 bits per heavy atom. The fourth-order valence-corrected chi connectivity index (χ4v) is 5.98. The van der Waals surface area contributed by atoms with E-state index in [0.717, 1.165) is 17.9 Å². The lowest BCUT2D eigenvalue weighted by Gasteiger charge is -2.21. The number of ether oxygens (including phenoxy) is 1. The van der Waals surface area contributed by atoms with Gasteiger partial charge in [0.25, 0.3) is 15.6 Å². The highest BCUT2D eigenvalue weighted by Crippen LogP contribution is 2.34. The third-order valence-electron chi connectivity index (χ3n) is 5.90. The number of nitrogens with zero attached hydrogens (tertiary/aromatic N) is 2. The number of nitrogens with one attached hydrogen (secondary N) is 2. The molecule has 1 aliphatic heterocycles. The maximum Gasteiger partial charge on any atom is 0.286 e. The molecule has 3 heterocycles. The molecule has 4 aromatic rings. The Hall–Kier alpha value is -4.36. The van der Waals surface area contributed by atoms with E-state index in [1.54, 1.807) is 36.4 Å². The van der Waals surface area contributed by atoms with E-state index in [-0.39, 0.29) is 34.1 Å². The van der Waals surface area contributed by atoms with Gasteiger partial charge in [-0.15, -0.1) is 4.40 Å². The van der Waals surface area contributed by atoms with Crippen LogP contribution in [0.25, 0.3) is 5.52 Å². The van der Waals surface area contributed by atoms with Gasteiger partial charge in [0.15, 0.2) is 5.84 Å². The number of fused-ring (bicyclic) bond motifs is 2. The first-order valence-corrected chi connectivity index (χ1v) is 14.5. The van der Waals surface area contributed by atoms with Crippen LogP contribution >= 0.6 is 0 Å². The summed E-state index contributed by atoms with van der Waals surface area (Å²) in [6, 6.07) is 16.1. The summed E-state index contributed by atoms with van der Waals surface area (Å²) in [6.07, 6.45) is 2.67. The van der Waals surface area contributed by atoms with Crippen molar-refractivity contribution in [2.45, 2.75) is 11.3 Å². The lowest BCUT2D eigenvalue weighted by molar-refractivity contribution is 0.414. The zero-order valence-electron chi connectivity index (χ0n) is 20.2. The van der Waals surface area contributed by atoms with E-state index in [4.69, 9.17) is 4.74 Å². The fraction of sp³-hybridized carbons (Fsp3) is 0.120. The van der Waals surface area contributed by atoms with Crippen molar-refractivity contribution in [3.8, 4) is 11.5 Å². The first-order valence-electron chi connectivity index (χ1n) is 11.2. The first-order chi connectivity index (χ1) is 18.0. The van der Waals surface area contributed by atoms with Crippen LogP contribution in [0.4, 0.5) is 11.4 Å². The second kappa shape index (κ2) is 9.19. The first kappa shape index (κ1) is 25.3. The average molecular weight is 555 g/mol. The van der Waals surface area contributed by atoms with Crippen LogP contribution in [0, 0.1) is 0 Å². The topological polar surface area (TPSA) is 156 Å². The summed E-state index contributed by atoms with van der Waals surface area (Å²) in [6.45, 7) is 0. The predicted octanol–water partition coefficient (Wildman–Crippen LogP) is 2.54. The Labute approximate surface area is 218 Å². The molecule has 0 saturated carbocycles. The molecular formula is C25H22N4O7S2. The molecule has 0 radical (unpaired) electrons. The number of hydrogen-bond acceptors (Lipinski definition) is 8. The second-order valence-electron chi connectivity index (χ2n) is 8.62. The van der Waals surface area contributed by atoms with Gasteiger partial charge in [-0.2, -0.15) is 8.42 Å². The molecule has 3 N–H and O–H groups in total. The number of hydrogen-bond donors (Lipinski definition) is 3. The summed E-state index contributed by atoms with van der Waals surface area (Å²) in [5.41, 5.74) is 0.723. The highest BCUT2D eigenvalue weighted by Gasteiger charge is 2.30. The monoisotopic (exact) mass is 554 g/mol. The molecule has 0 fully saturated rings. The molecule has 196 valence electrons. The lowest BCUT2D eigenvalue weighted by Crippen LogP contribution is -2.31. The summed E-state index contributed by atoms with van der Waals surface area (Å²) in [7, 11) is -6.48. The van der Waals surface area contributed by atoms with Crippen LogP contribution in [0.5, 0.6) is 11.5 Å². The Morgan fingerprint density at radius 2 is 1.89 bits per heavy atom. The Bertz CT molecular complexity index is 1910. The van der Waals surface area contributed by atoms with Gasteiger partial charge in [-0.3, -0.25) is 13.9 Å². The van der Waals surface area contributed by atoms with E-state index in [0.29, 0.717) is 16.8 Å². The minimum Gasteiger partial charge on any atom is -0.507 e. The third kappa shape index (κ3) is 4.68. The third-order valence-corrected chi connectivity index (χ3v) is 7.83. The van der Waals surface area contributed by atoms with Crippen molar-refractivity contribution in [1.82, 2.24) is 4.40 Å². The molecule has 13 heteroatoms. The van der Waals surface area contributed by atoms with Crippen LogP contribution in [0.1, 0.15) is 16.7 Å². The summed E-state index contributed by atoms with van der Waals surface area (Å²) in [5.74, 6) is -0.149. The number of anilines is 2. The Balaban J connectivity index is 1.67. The van der Waals surface area contributed by atoms with E-state index in [2.05, 4.69) is 14.4 Å². The standard InChI is InChI=1S/C25H22N4O7S2/c1-36-17-7-5-6-15(12-17)13-18-20-8-3-4-11-29(20)25(31)22(23(18)30)24-26-19-10-9-16(27-37(2,32)33)14-21(19)38(34,35)28-24/h3-12,14,27,30H,13H2,1-2H3,(H,26,28). The molecule has 0 spiro atoms. The molecule has 0 bridgehead atoms. The molecule has 0 amide bonds. The smallest absolute Gasteiger partial charge is 0.286 e. The number of amidine groups is 1. The van der Waals surface area contributed by atoms with Crippen LogP contribution in [-0.4, -0.2) is 45.5 Å². The van der Waals surface area contributed by atoms with Crippen molar-refractivity contribution in [1.29, 1.82) is 0 Å². The van der Waals surface area contributed by atoms with Crippen LogP contribution < -0.4 is 20.3 Å². The maximum absolute atomic E-state index is 13.5. The van der Waals surface area contributed by atoms with Gasteiger partial charge in [0.05, 0.1) is 24.6 Å². The van der Waals surface area contributed by atoms with Gasteiger partial charge >= 0.3 is 0 Å². The number of methoxy groups -OCH3 is 1. The van der Waals surface area contributed by atoms with E-state index in [1.165, 1.54) is 29.8 Å². The van der Waals surface area contributed by atoms with Crippen LogP contribution in [0.15, 0.2) is 80.9 Å². The Kier molecular flexibility index (Phi) is 6.12. The molecule has 5 rings (SSSR count). The van der Waals surface area contributed by atoms with Crippen molar-refractivity contribution in [3.63, 3.8) is 0 Å². The lowest BCUT2D eigenvalue weighted by atomic mass is 10.00. The number of benzene rings is 2. The molecule has 0 saturated heterocycles. The number of pyridine rings is 2. The fourth-order valence-electron chi connectivity index (χ4n) is 4.28. The van der Waals surface area contributed by atoms with E-state index < -0.39 is 31.4 Å². The molecule has 2 aromatic heterocycles. The van der Waals surface area contributed by atoms with Crippen molar-refractivity contribution in [2.24, 2.45) is 4.40 Å². The average Bonchev–Trinajstić information content (AvgIpc) is 2.86. The zero-order valence-corrected chi connectivity index (χ0v) is 21.8. The molecular weight excluding hydrogens is 532 g/mol.